The molecule has 5 aromatic rings. The summed E-state index contributed by atoms with van der Waals surface area (Å²) in [6, 6.07) is 40.9. The number of amides is 2. The average molecular weight is 866 g/mol. The number of benzene rings is 5. The summed E-state index contributed by atoms with van der Waals surface area (Å²) in [6.07, 6.45) is 2.49. The number of ether oxygens (including phenoxy) is 3. The molecular weight excluding hydrogens is 811 g/mol. The zero-order valence-electron chi connectivity index (χ0n) is 34.6. The first kappa shape index (κ1) is 43.8. The number of anilines is 2. The molecule has 3 fully saturated rings. The molecule has 2 amide bonds. The Morgan fingerprint density at radius 1 is 0.672 bits per heavy atom. The maximum atomic E-state index is 12.7. The van der Waals surface area contributed by atoms with Gasteiger partial charge in [0.1, 0.15) is 24.2 Å². The third-order valence-corrected chi connectivity index (χ3v) is 12.0. The first-order valence-electron chi connectivity index (χ1n) is 21.0. The van der Waals surface area contributed by atoms with E-state index in [4.69, 9.17) is 37.4 Å². The molecule has 3 saturated heterocycles. The molecule has 2 atom stereocenters. The fourth-order valence-electron chi connectivity index (χ4n) is 7.86. The number of carbonyl (C=O) groups is 2. The fourth-order valence-corrected chi connectivity index (χ4v) is 8.44. The summed E-state index contributed by atoms with van der Waals surface area (Å²) in [5.41, 5.74) is 5.38. The van der Waals surface area contributed by atoms with E-state index in [9.17, 15) is 14.7 Å². The molecular formula is C49H54Cl2N4O6. The van der Waals surface area contributed by atoms with Gasteiger partial charge in [-0.15, -0.1) is 0 Å². The number of hydrogen-bond donors (Lipinski definition) is 1. The second-order valence-electron chi connectivity index (χ2n) is 15.6. The molecule has 3 heterocycles. The SMILES string of the molecule is C[C@]1(c2ccc(Cl)cc2Cl)OC[C@@H](COc2ccc(N3CCN(C(=O)CCc4ccccc4)CC3)cc2)O1.O=C(CCc1ccccc1)N1CCN(c2ccc(O)cc2)CC1. The van der Waals surface area contributed by atoms with Crippen LogP contribution in [0.15, 0.2) is 127 Å². The largest absolute Gasteiger partial charge is 0.508 e. The maximum Gasteiger partial charge on any atom is 0.223 e. The smallest absolute Gasteiger partial charge is 0.223 e. The van der Waals surface area contributed by atoms with Gasteiger partial charge in [-0.2, -0.15) is 0 Å². The third-order valence-electron chi connectivity index (χ3n) is 11.4. The Hall–Kier alpha value is -5.26. The Morgan fingerprint density at radius 2 is 1.16 bits per heavy atom. The second-order valence-corrected chi connectivity index (χ2v) is 16.5. The lowest BCUT2D eigenvalue weighted by molar-refractivity contribution is -0.164. The highest BCUT2D eigenvalue weighted by Crippen LogP contribution is 2.39. The number of nitrogens with zero attached hydrogens (tertiary/aromatic N) is 4. The van der Waals surface area contributed by atoms with E-state index in [1.54, 1.807) is 24.3 Å². The lowest BCUT2D eigenvalue weighted by Crippen LogP contribution is -2.48. The standard InChI is InChI=1S/C30H32Cl2N2O4.C19H22N2O2/c1-30(27-13-8-23(31)19-28(27)32)37-21-26(38-30)20-36-25-11-9-24(10-12-25)33-15-17-34(18-16-33)29(35)14-7-22-5-3-2-4-6-22;22-18-9-7-17(8-10-18)20-12-14-21(15-13-20)19(23)11-6-16-4-2-1-3-5-16/h2-6,8-13,19,26H,7,14-18,20-21H2,1H3;1-5,7-10,22H,6,11-15H2/t26-,30+;/m1./s1. The van der Waals surface area contributed by atoms with Gasteiger partial charge in [0.2, 0.25) is 11.8 Å². The topological polar surface area (TPSA) is 95.0 Å². The third kappa shape index (κ3) is 12.2. The predicted molar refractivity (Wildman–Crippen MR) is 242 cm³/mol. The zero-order valence-corrected chi connectivity index (χ0v) is 36.1. The van der Waals surface area contributed by atoms with Gasteiger partial charge in [0.15, 0.2) is 5.79 Å². The van der Waals surface area contributed by atoms with Crippen molar-refractivity contribution in [3.8, 4) is 11.5 Å². The van der Waals surface area contributed by atoms with E-state index < -0.39 is 5.79 Å². The van der Waals surface area contributed by atoms with Crippen molar-refractivity contribution >= 4 is 46.4 Å². The minimum absolute atomic E-state index is 0.223. The van der Waals surface area contributed by atoms with Crippen molar-refractivity contribution in [2.45, 2.75) is 44.5 Å². The molecule has 320 valence electrons. The normalized spacial score (nSPS) is 19.0. The number of hydrogen-bond acceptors (Lipinski definition) is 8. The number of phenolic OH excluding ortho intramolecular Hbond substituents is 1. The summed E-state index contributed by atoms with van der Waals surface area (Å²) in [4.78, 5) is 33.5. The van der Waals surface area contributed by atoms with Crippen LogP contribution >= 0.6 is 23.2 Å². The number of carbonyl (C=O) groups excluding carboxylic acids is 2. The monoisotopic (exact) mass is 864 g/mol. The summed E-state index contributed by atoms with van der Waals surface area (Å²) in [5.74, 6) is 0.572. The van der Waals surface area contributed by atoms with Gasteiger partial charge in [0, 0.05) is 87.2 Å². The van der Waals surface area contributed by atoms with Crippen molar-refractivity contribution in [1.82, 2.24) is 9.80 Å². The van der Waals surface area contributed by atoms with Gasteiger partial charge in [-0.3, -0.25) is 9.59 Å². The molecule has 10 nitrogen and oxygen atoms in total. The van der Waals surface area contributed by atoms with Crippen molar-refractivity contribution in [3.05, 3.63) is 154 Å². The van der Waals surface area contributed by atoms with Gasteiger partial charge in [-0.1, -0.05) is 89.9 Å². The molecule has 1 N–H and O–H groups in total. The van der Waals surface area contributed by atoms with Gasteiger partial charge >= 0.3 is 0 Å². The lowest BCUT2D eigenvalue weighted by Gasteiger charge is -2.36. The molecule has 5 aromatic carbocycles. The fraction of sp³-hybridized carbons (Fsp3) is 0.347. The summed E-state index contributed by atoms with van der Waals surface area (Å²) < 4.78 is 18.1. The Bertz CT molecular complexity index is 2160. The Kier molecular flexibility index (Phi) is 15.1. The van der Waals surface area contributed by atoms with E-state index in [0.29, 0.717) is 36.1 Å². The molecule has 0 aliphatic carbocycles. The first-order valence-corrected chi connectivity index (χ1v) is 21.8. The zero-order chi connectivity index (χ0) is 42.6. The number of rotatable bonds is 12. The molecule has 0 unspecified atom stereocenters. The van der Waals surface area contributed by atoms with Gasteiger partial charge in [-0.05, 0) is 91.6 Å². The minimum atomic E-state index is -0.940. The molecule has 3 aliphatic heterocycles. The summed E-state index contributed by atoms with van der Waals surface area (Å²) in [6.45, 7) is 8.92. The molecule has 0 bridgehead atoms. The van der Waals surface area contributed by atoms with Crippen LogP contribution < -0.4 is 14.5 Å². The summed E-state index contributed by atoms with van der Waals surface area (Å²) >= 11 is 12.4. The molecule has 61 heavy (non-hydrogen) atoms. The van der Waals surface area contributed by atoms with E-state index in [0.717, 1.165) is 87.9 Å². The number of halogens is 2. The summed E-state index contributed by atoms with van der Waals surface area (Å²) in [5, 5.41) is 10.4. The molecule has 0 spiro atoms. The molecule has 0 aromatic heterocycles. The van der Waals surface area contributed by atoms with Crippen molar-refractivity contribution < 1.29 is 28.9 Å². The van der Waals surface area contributed by atoms with Crippen molar-refractivity contribution in [3.63, 3.8) is 0 Å². The number of piperazine rings is 2. The molecule has 0 radical (unpaired) electrons. The van der Waals surface area contributed by atoms with Crippen LogP contribution in [-0.2, 0) is 37.7 Å². The molecule has 3 aliphatic rings. The van der Waals surface area contributed by atoms with Gasteiger partial charge < -0.3 is 38.9 Å². The van der Waals surface area contributed by atoms with Crippen molar-refractivity contribution in [1.29, 1.82) is 0 Å². The maximum absolute atomic E-state index is 12.7. The minimum Gasteiger partial charge on any atom is -0.508 e. The Balaban J connectivity index is 0.000000208. The molecule has 12 heteroatoms. The van der Waals surface area contributed by atoms with Crippen molar-refractivity contribution in [2.75, 3.05) is 75.4 Å². The Labute approximate surface area is 369 Å². The van der Waals surface area contributed by atoms with Crippen LogP contribution in [0, 0.1) is 0 Å². The highest BCUT2D eigenvalue weighted by atomic mass is 35.5. The van der Waals surface area contributed by atoms with Crippen LogP contribution in [0.25, 0.3) is 0 Å². The second kappa shape index (κ2) is 21.0. The highest BCUT2D eigenvalue weighted by molar-refractivity contribution is 6.35. The number of phenols is 1. The molecule has 8 rings (SSSR count). The van der Waals surface area contributed by atoms with Crippen LogP contribution in [0.2, 0.25) is 10.0 Å². The van der Waals surface area contributed by atoms with Crippen LogP contribution in [-0.4, -0.2) is 98.4 Å². The Morgan fingerprint density at radius 3 is 1.66 bits per heavy atom. The van der Waals surface area contributed by atoms with Crippen LogP contribution in [0.3, 0.4) is 0 Å². The highest BCUT2D eigenvalue weighted by Gasteiger charge is 2.40. The van der Waals surface area contributed by atoms with E-state index in [1.807, 2.05) is 83.5 Å². The van der Waals surface area contributed by atoms with Gasteiger partial charge in [-0.25, -0.2) is 0 Å². The van der Waals surface area contributed by atoms with Crippen molar-refractivity contribution in [2.24, 2.45) is 0 Å². The van der Waals surface area contributed by atoms with Crippen LogP contribution in [0.5, 0.6) is 11.5 Å². The van der Waals surface area contributed by atoms with Crippen LogP contribution in [0.1, 0.15) is 36.5 Å². The average Bonchev–Trinajstić information content (AvgIpc) is 3.69. The van der Waals surface area contributed by atoms with Gasteiger partial charge in [0.05, 0.1) is 11.6 Å². The number of aromatic hydroxyl groups is 1. The van der Waals surface area contributed by atoms with Crippen LogP contribution in [0.4, 0.5) is 11.4 Å². The predicted octanol–water partition coefficient (Wildman–Crippen LogP) is 8.62. The van der Waals surface area contributed by atoms with E-state index >= 15 is 0 Å². The summed E-state index contributed by atoms with van der Waals surface area (Å²) in [7, 11) is 0. The quantitative estimate of drug-likeness (QED) is 0.133. The lowest BCUT2D eigenvalue weighted by atomic mass is 10.1. The first-order chi connectivity index (χ1) is 29.6. The van der Waals surface area contributed by atoms with E-state index in [1.165, 1.54) is 11.1 Å². The number of aryl methyl sites for hydroxylation is 2. The molecule has 0 saturated carbocycles. The van der Waals surface area contributed by atoms with E-state index in [2.05, 4.69) is 46.2 Å². The van der Waals surface area contributed by atoms with Gasteiger partial charge in [0.25, 0.3) is 0 Å². The van der Waals surface area contributed by atoms with E-state index in [-0.39, 0.29) is 23.7 Å².